The Morgan fingerprint density at radius 1 is 1.53 bits per heavy atom. The third kappa shape index (κ3) is 4.30. The lowest BCUT2D eigenvalue weighted by Gasteiger charge is -1.98. The molecule has 0 amide bonds. The fourth-order valence-electron chi connectivity index (χ4n) is 1.13. The predicted molar refractivity (Wildman–Crippen MR) is 64.7 cm³/mol. The molecular weight excluding hydrogens is 256 g/mol. The minimum absolute atomic E-state index is 0.304. The highest BCUT2D eigenvalue weighted by atomic mass is 79.9. The van der Waals surface area contributed by atoms with Crippen LogP contribution < -0.4 is 0 Å². The molecule has 0 unspecified atom stereocenters. The van der Waals surface area contributed by atoms with Gasteiger partial charge in [-0.15, -0.1) is 0 Å². The first-order chi connectivity index (χ1) is 7.26. The van der Waals surface area contributed by atoms with Gasteiger partial charge in [0, 0.05) is 11.4 Å². The normalized spacial score (nSPS) is 10.5. The monoisotopic (exact) mass is 268 g/mol. The van der Waals surface area contributed by atoms with Gasteiger partial charge < -0.3 is 4.74 Å². The van der Waals surface area contributed by atoms with Crippen molar-refractivity contribution in [1.82, 2.24) is 0 Å². The lowest BCUT2D eigenvalue weighted by molar-refractivity contribution is -0.137. The van der Waals surface area contributed by atoms with Gasteiger partial charge in [0.1, 0.15) is 0 Å². The van der Waals surface area contributed by atoms with Crippen LogP contribution in [0, 0.1) is 0 Å². The number of carbonyl (C=O) groups excluding carboxylic acids is 1. The molecule has 0 atom stereocenters. The third-order valence-electron chi connectivity index (χ3n) is 1.80. The van der Waals surface area contributed by atoms with Crippen LogP contribution in [0.3, 0.4) is 0 Å². The summed E-state index contributed by atoms with van der Waals surface area (Å²) in [5, 5.41) is 0.814. The van der Waals surface area contributed by atoms with Gasteiger partial charge in [0.2, 0.25) is 0 Å². The minimum Gasteiger partial charge on any atom is -0.463 e. The highest BCUT2D eigenvalue weighted by Gasteiger charge is 1.94. The Labute approximate surface area is 98.1 Å². The molecule has 0 aliphatic heterocycles. The van der Waals surface area contributed by atoms with Gasteiger partial charge in [-0.2, -0.15) is 0 Å². The van der Waals surface area contributed by atoms with E-state index in [2.05, 4.69) is 15.9 Å². The lowest BCUT2D eigenvalue weighted by atomic mass is 10.1. The van der Waals surface area contributed by atoms with E-state index in [1.807, 2.05) is 24.3 Å². The van der Waals surface area contributed by atoms with Crippen LogP contribution in [-0.2, 0) is 14.9 Å². The van der Waals surface area contributed by atoms with E-state index in [9.17, 15) is 4.79 Å². The van der Waals surface area contributed by atoms with E-state index in [0.29, 0.717) is 6.61 Å². The van der Waals surface area contributed by atoms with Gasteiger partial charge in [-0.25, -0.2) is 4.79 Å². The standard InChI is InChI=1S/C12H13BrO2/c1-2-15-12(14)7-6-10-4-3-5-11(8-10)9-13/h3-8H,2,9H2,1H3/b7-6+. The zero-order valence-electron chi connectivity index (χ0n) is 8.57. The SMILES string of the molecule is CCOC(=O)/C=C/c1cccc(CBr)c1. The highest BCUT2D eigenvalue weighted by Crippen LogP contribution is 2.10. The highest BCUT2D eigenvalue weighted by molar-refractivity contribution is 9.08. The Balaban J connectivity index is 2.67. The van der Waals surface area contributed by atoms with E-state index in [1.54, 1.807) is 13.0 Å². The number of carbonyl (C=O) groups is 1. The van der Waals surface area contributed by atoms with E-state index in [1.165, 1.54) is 11.6 Å². The molecule has 0 saturated heterocycles. The van der Waals surface area contributed by atoms with Crippen LogP contribution in [0.5, 0.6) is 0 Å². The third-order valence-corrected chi connectivity index (χ3v) is 2.45. The molecule has 0 aliphatic rings. The molecule has 80 valence electrons. The number of benzene rings is 1. The molecule has 0 bridgehead atoms. The molecule has 0 aromatic heterocycles. The van der Waals surface area contributed by atoms with Gasteiger partial charge in [-0.3, -0.25) is 0 Å². The molecule has 0 radical (unpaired) electrons. The Morgan fingerprint density at radius 3 is 3.00 bits per heavy atom. The predicted octanol–water partition coefficient (Wildman–Crippen LogP) is 3.16. The summed E-state index contributed by atoms with van der Waals surface area (Å²) in [6.45, 7) is 2.20. The van der Waals surface area contributed by atoms with Crippen molar-refractivity contribution in [3.05, 3.63) is 41.5 Å². The Bertz CT molecular complexity index is 358. The molecule has 0 saturated carbocycles. The molecule has 0 aliphatic carbocycles. The van der Waals surface area contributed by atoms with Gasteiger partial charge in [0.25, 0.3) is 0 Å². The van der Waals surface area contributed by atoms with Crippen molar-refractivity contribution in [2.24, 2.45) is 0 Å². The molecule has 0 heterocycles. The second kappa shape index (κ2) is 6.40. The van der Waals surface area contributed by atoms with Crippen LogP contribution in [0.15, 0.2) is 30.3 Å². The molecule has 0 N–H and O–H groups in total. The minimum atomic E-state index is -0.304. The maximum atomic E-state index is 11.1. The van der Waals surface area contributed by atoms with Gasteiger partial charge >= 0.3 is 5.97 Å². The molecular formula is C12H13BrO2. The summed E-state index contributed by atoms with van der Waals surface area (Å²) in [6, 6.07) is 7.95. The largest absolute Gasteiger partial charge is 0.463 e. The maximum Gasteiger partial charge on any atom is 0.330 e. The number of ether oxygens (including phenoxy) is 1. The number of esters is 1. The topological polar surface area (TPSA) is 26.3 Å². The second-order valence-corrected chi connectivity index (χ2v) is 3.52. The summed E-state index contributed by atoms with van der Waals surface area (Å²) in [4.78, 5) is 11.1. The van der Waals surface area contributed by atoms with Gasteiger partial charge in [-0.1, -0.05) is 40.2 Å². The lowest BCUT2D eigenvalue weighted by Crippen LogP contribution is -1.98. The summed E-state index contributed by atoms with van der Waals surface area (Å²) < 4.78 is 4.79. The zero-order chi connectivity index (χ0) is 11.1. The first-order valence-electron chi connectivity index (χ1n) is 4.76. The van der Waals surface area contributed by atoms with E-state index < -0.39 is 0 Å². The van der Waals surface area contributed by atoms with Gasteiger partial charge in [0.05, 0.1) is 6.61 Å². The van der Waals surface area contributed by atoms with Crippen LogP contribution >= 0.6 is 15.9 Å². The Kier molecular flexibility index (Phi) is 5.12. The second-order valence-electron chi connectivity index (χ2n) is 2.96. The molecule has 3 heteroatoms. The van der Waals surface area contributed by atoms with Crippen LogP contribution in [0.2, 0.25) is 0 Å². The van der Waals surface area contributed by atoms with Crippen molar-refractivity contribution in [1.29, 1.82) is 0 Å². The van der Waals surface area contributed by atoms with E-state index in [4.69, 9.17) is 4.74 Å². The summed E-state index contributed by atoms with van der Waals surface area (Å²) >= 11 is 3.38. The average molecular weight is 269 g/mol. The van der Waals surface area contributed by atoms with Crippen LogP contribution in [0.1, 0.15) is 18.1 Å². The molecule has 1 aromatic carbocycles. The van der Waals surface area contributed by atoms with Crippen LogP contribution in [0.25, 0.3) is 6.08 Å². The summed E-state index contributed by atoms with van der Waals surface area (Å²) in [7, 11) is 0. The fourth-order valence-corrected chi connectivity index (χ4v) is 1.48. The van der Waals surface area contributed by atoms with E-state index >= 15 is 0 Å². The molecule has 2 nitrogen and oxygen atoms in total. The molecule has 0 spiro atoms. The van der Waals surface area contributed by atoms with E-state index in [0.717, 1.165) is 10.9 Å². The maximum absolute atomic E-state index is 11.1. The van der Waals surface area contributed by atoms with Gasteiger partial charge in [-0.05, 0) is 24.1 Å². The van der Waals surface area contributed by atoms with Crippen molar-refractivity contribution in [3.8, 4) is 0 Å². The summed E-state index contributed by atoms with van der Waals surface area (Å²) in [6.07, 6.45) is 3.20. The Hall–Kier alpha value is -1.09. The number of halogens is 1. The zero-order valence-corrected chi connectivity index (χ0v) is 10.2. The number of alkyl halides is 1. The molecule has 15 heavy (non-hydrogen) atoms. The van der Waals surface area contributed by atoms with Gasteiger partial charge in [0.15, 0.2) is 0 Å². The molecule has 0 fully saturated rings. The number of rotatable bonds is 4. The van der Waals surface area contributed by atoms with Crippen molar-refractivity contribution in [2.75, 3.05) is 6.61 Å². The Morgan fingerprint density at radius 2 is 2.33 bits per heavy atom. The van der Waals surface area contributed by atoms with Crippen molar-refractivity contribution < 1.29 is 9.53 Å². The van der Waals surface area contributed by atoms with Crippen molar-refractivity contribution in [3.63, 3.8) is 0 Å². The first kappa shape index (κ1) is 12.0. The summed E-state index contributed by atoms with van der Waals surface area (Å²) in [5.41, 5.74) is 2.18. The van der Waals surface area contributed by atoms with Crippen LogP contribution in [0.4, 0.5) is 0 Å². The molecule has 1 aromatic rings. The smallest absolute Gasteiger partial charge is 0.330 e. The van der Waals surface area contributed by atoms with Crippen molar-refractivity contribution in [2.45, 2.75) is 12.3 Å². The van der Waals surface area contributed by atoms with Crippen molar-refractivity contribution >= 4 is 28.0 Å². The average Bonchev–Trinajstić information content (AvgIpc) is 2.27. The van der Waals surface area contributed by atoms with Crippen LogP contribution in [-0.4, -0.2) is 12.6 Å². The number of hydrogen-bond acceptors (Lipinski definition) is 2. The number of hydrogen-bond donors (Lipinski definition) is 0. The molecule has 1 rings (SSSR count). The van der Waals surface area contributed by atoms with E-state index in [-0.39, 0.29) is 5.97 Å². The summed E-state index contributed by atoms with van der Waals surface area (Å²) in [5.74, 6) is -0.304. The fraction of sp³-hybridized carbons (Fsp3) is 0.250. The first-order valence-corrected chi connectivity index (χ1v) is 5.88. The quantitative estimate of drug-likeness (QED) is 0.477.